The van der Waals surface area contributed by atoms with Crippen molar-refractivity contribution in [3.05, 3.63) is 49.7 Å². The van der Waals surface area contributed by atoms with Crippen molar-refractivity contribution in [2.24, 2.45) is 0 Å². The van der Waals surface area contributed by atoms with Crippen molar-refractivity contribution in [1.82, 2.24) is 9.78 Å². The van der Waals surface area contributed by atoms with Crippen LogP contribution in [0.25, 0.3) is 0 Å². The Hall–Kier alpha value is -1.92. The average Bonchev–Trinajstić information content (AvgIpc) is 2.69. The van der Waals surface area contributed by atoms with Crippen molar-refractivity contribution < 1.29 is 9.53 Å². The third kappa shape index (κ3) is 4.55. The van der Waals surface area contributed by atoms with Crippen LogP contribution in [0.2, 0.25) is 10.0 Å². The molecule has 0 spiro atoms. The Morgan fingerprint density at radius 3 is 2.54 bits per heavy atom. The molecule has 2 N–H and O–H groups in total. The van der Waals surface area contributed by atoms with Crippen LogP contribution in [0.1, 0.15) is 31.9 Å². The van der Waals surface area contributed by atoms with Crippen LogP contribution in [0.4, 0.5) is 10.6 Å². The predicted octanol–water partition coefficient (Wildman–Crippen LogP) is 4.19. The minimum absolute atomic E-state index is 0.243. The topological polar surface area (TPSA) is 76.1 Å². The van der Waals surface area contributed by atoms with E-state index in [1.165, 1.54) is 4.68 Å². The number of carbonyl (C=O) groups is 1. The molecule has 0 unspecified atom stereocenters. The summed E-state index contributed by atoms with van der Waals surface area (Å²) in [5.41, 5.74) is 0.325. The van der Waals surface area contributed by atoms with Crippen LogP contribution in [0, 0.1) is 6.92 Å². The van der Waals surface area contributed by atoms with Gasteiger partial charge in [0.2, 0.25) is 0 Å². The molecule has 0 radical (unpaired) electrons. The predicted molar refractivity (Wildman–Crippen MR) is 95.2 cm³/mol. The summed E-state index contributed by atoms with van der Waals surface area (Å²) in [7, 11) is 0. The van der Waals surface area contributed by atoms with E-state index in [0.29, 0.717) is 21.4 Å². The third-order valence-corrected chi connectivity index (χ3v) is 3.88. The number of nitrogens with one attached hydrogen (secondary N) is 2. The number of H-pyrrole nitrogens is 1. The third-order valence-electron chi connectivity index (χ3n) is 3.14. The lowest BCUT2D eigenvalue weighted by molar-refractivity contribution is 0.0635. The fourth-order valence-electron chi connectivity index (χ4n) is 2.04. The molecule has 1 amide bonds. The Kier molecular flexibility index (Phi) is 5.30. The normalized spacial score (nSPS) is 11.4. The highest BCUT2D eigenvalue weighted by Gasteiger charge is 2.19. The Morgan fingerprint density at radius 2 is 1.96 bits per heavy atom. The van der Waals surface area contributed by atoms with Gasteiger partial charge < -0.3 is 4.74 Å². The molecule has 1 aromatic carbocycles. The second-order valence-corrected chi connectivity index (χ2v) is 7.19. The molecule has 0 fully saturated rings. The van der Waals surface area contributed by atoms with Gasteiger partial charge in [-0.3, -0.25) is 15.2 Å². The van der Waals surface area contributed by atoms with E-state index >= 15 is 0 Å². The number of aromatic nitrogens is 2. The van der Waals surface area contributed by atoms with Crippen molar-refractivity contribution in [2.45, 2.75) is 39.8 Å². The van der Waals surface area contributed by atoms with Crippen LogP contribution >= 0.6 is 23.2 Å². The summed E-state index contributed by atoms with van der Waals surface area (Å²) in [5, 5.41) is 6.28. The van der Waals surface area contributed by atoms with Crippen LogP contribution in [-0.4, -0.2) is 21.5 Å². The standard InChI is InChI=1S/C16H19Cl2N3O3/c1-9-13(19-15(23)24-16(2,3)4)20-21(14(9)22)8-10-5-6-11(17)12(18)7-10/h5-7,20H,8H2,1-4H3,(H,19,23). The molecule has 0 aliphatic carbocycles. The number of nitrogens with zero attached hydrogens (tertiary/aromatic N) is 1. The molecule has 130 valence electrons. The second-order valence-electron chi connectivity index (χ2n) is 6.38. The number of anilines is 1. The fraction of sp³-hybridized carbons (Fsp3) is 0.375. The number of aromatic amines is 1. The van der Waals surface area contributed by atoms with E-state index in [4.69, 9.17) is 27.9 Å². The first-order valence-corrected chi connectivity index (χ1v) is 8.06. The van der Waals surface area contributed by atoms with Gasteiger partial charge in [0.15, 0.2) is 0 Å². The highest BCUT2D eigenvalue weighted by atomic mass is 35.5. The van der Waals surface area contributed by atoms with Crippen molar-refractivity contribution in [2.75, 3.05) is 5.32 Å². The number of halogens is 2. The highest BCUT2D eigenvalue weighted by molar-refractivity contribution is 6.42. The summed E-state index contributed by atoms with van der Waals surface area (Å²) in [6, 6.07) is 5.13. The van der Waals surface area contributed by atoms with Gasteiger partial charge in [-0.05, 0) is 45.4 Å². The van der Waals surface area contributed by atoms with Gasteiger partial charge in [0, 0.05) is 0 Å². The molecule has 1 heterocycles. The minimum Gasteiger partial charge on any atom is -0.444 e. The van der Waals surface area contributed by atoms with E-state index in [0.717, 1.165) is 5.56 Å². The maximum atomic E-state index is 12.3. The number of amides is 1. The Labute approximate surface area is 149 Å². The first-order chi connectivity index (χ1) is 11.1. The number of carbonyl (C=O) groups excluding carboxylic acids is 1. The zero-order valence-corrected chi connectivity index (χ0v) is 15.4. The van der Waals surface area contributed by atoms with Gasteiger partial charge in [0.25, 0.3) is 5.56 Å². The van der Waals surface area contributed by atoms with Gasteiger partial charge >= 0.3 is 6.09 Å². The summed E-state index contributed by atoms with van der Waals surface area (Å²) in [5.74, 6) is 0.300. The molecule has 2 aromatic rings. The maximum absolute atomic E-state index is 12.3. The van der Waals surface area contributed by atoms with Crippen LogP contribution in [0.5, 0.6) is 0 Å². The first-order valence-electron chi connectivity index (χ1n) is 7.30. The lowest BCUT2D eigenvalue weighted by Crippen LogP contribution is -2.27. The molecule has 6 nitrogen and oxygen atoms in total. The van der Waals surface area contributed by atoms with Gasteiger partial charge in [-0.15, -0.1) is 0 Å². The number of hydrogen-bond acceptors (Lipinski definition) is 3. The smallest absolute Gasteiger partial charge is 0.413 e. The highest BCUT2D eigenvalue weighted by Crippen LogP contribution is 2.23. The number of benzene rings is 1. The SMILES string of the molecule is Cc1c(NC(=O)OC(C)(C)C)[nH]n(Cc2ccc(Cl)c(Cl)c2)c1=O. The van der Waals surface area contributed by atoms with Crippen molar-refractivity contribution in [3.8, 4) is 0 Å². The van der Waals surface area contributed by atoms with Crippen molar-refractivity contribution in [3.63, 3.8) is 0 Å². The average molecular weight is 372 g/mol. The van der Waals surface area contributed by atoms with Gasteiger partial charge in [-0.2, -0.15) is 0 Å². The van der Waals surface area contributed by atoms with Gasteiger partial charge in [0.05, 0.1) is 22.2 Å². The molecule has 0 aliphatic heterocycles. The Morgan fingerprint density at radius 1 is 1.29 bits per heavy atom. The van der Waals surface area contributed by atoms with E-state index in [9.17, 15) is 9.59 Å². The van der Waals surface area contributed by atoms with E-state index in [2.05, 4.69) is 10.4 Å². The van der Waals surface area contributed by atoms with Crippen LogP contribution in [0.3, 0.4) is 0 Å². The molecular formula is C16H19Cl2N3O3. The summed E-state index contributed by atoms with van der Waals surface area (Å²) in [4.78, 5) is 24.1. The van der Waals surface area contributed by atoms with Crippen LogP contribution in [-0.2, 0) is 11.3 Å². The summed E-state index contributed by atoms with van der Waals surface area (Å²) >= 11 is 11.9. The van der Waals surface area contributed by atoms with Gasteiger partial charge in [0.1, 0.15) is 11.4 Å². The van der Waals surface area contributed by atoms with E-state index in [-0.39, 0.29) is 12.1 Å². The molecule has 0 saturated heterocycles. The molecule has 1 aromatic heterocycles. The van der Waals surface area contributed by atoms with Crippen LogP contribution in [0.15, 0.2) is 23.0 Å². The summed E-state index contributed by atoms with van der Waals surface area (Å²) < 4.78 is 6.56. The Bertz CT molecular complexity index is 819. The maximum Gasteiger partial charge on any atom is 0.413 e. The lowest BCUT2D eigenvalue weighted by atomic mass is 10.2. The monoisotopic (exact) mass is 371 g/mol. The zero-order chi connectivity index (χ0) is 18.1. The van der Waals surface area contributed by atoms with Crippen molar-refractivity contribution >= 4 is 35.1 Å². The molecular weight excluding hydrogens is 353 g/mol. The number of ether oxygens (including phenoxy) is 1. The zero-order valence-electron chi connectivity index (χ0n) is 13.9. The quantitative estimate of drug-likeness (QED) is 0.848. The largest absolute Gasteiger partial charge is 0.444 e. The van der Waals surface area contributed by atoms with E-state index in [1.54, 1.807) is 45.9 Å². The minimum atomic E-state index is -0.631. The van der Waals surface area contributed by atoms with Gasteiger partial charge in [-0.1, -0.05) is 29.3 Å². The molecule has 24 heavy (non-hydrogen) atoms. The molecule has 8 heteroatoms. The van der Waals surface area contributed by atoms with E-state index in [1.807, 2.05) is 0 Å². The molecule has 0 bridgehead atoms. The molecule has 2 rings (SSSR count). The van der Waals surface area contributed by atoms with Crippen molar-refractivity contribution in [1.29, 1.82) is 0 Å². The second kappa shape index (κ2) is 6.91. The van der Waals surface area contributed by atoms with Crippen LogP contribution < -0.4 is 10.9 Å². The molecule has 0 saturated carbocycles. The first kappa shape index (κ1) is 18.4. The molecule has 0 aliphatic rings. The Balaban J connectivity index is 2.20. The summed E-state index contributed by atoms with van der Waals surface area (Å²) in [6.45, 7) is 7.18. The van der Waals surface area contributed by atoms with E-state index < -0.39 is 11.7 Å². The number of hydrogen-bond donors (Lipinski definition) is 2. The summed E-state index contributed by atoms with van der Waals surface area (Å²) in [6.07, 6.45) is -0.631. The fourth-order valence-corrected chi connectivity index (χ4v) is 2.36. The molecule has 0 atom stereocenters. The lowest BCUT2D eigenvalue weighted by Gasteiger charge is -2.19. The van der Waals surface area contributed by atoms with Gasteiger partial charge in [-0.25, -0.2) is 9.48 Å². The number of rotatable bonds is 3.